The van der Waals surface area contributed by atoms with Crippen LogP contribution in [0.2, 0.25) is 0 Å². The molecule has 0 bridgehead atoms. The number of amides is 1. The van der Waals surface area contributed by atoms with Crippen molar-refractivity contribution in [3.8, 4) is 0 Å². The van der Waals surface area contributed by atoms with Gasteiger partial charge in [0.25, 0.3) is 5.91 Å². The van der Waals surface area contributed by atoms with Gasteiger partial charge in [0.05, 0.1) is 0 Å². The van der Waals surface area contributed by atoms with E-state index in [1.807, 2.05) is 0 Å². The molecule has 21 heavy (non-hydrogen) atoms. The maximum Gasteiger partial charge on any atom is 0.267 e. The third kappa shape index (κ3) is 3.84. The molecule has 1 aliphatic rings. The largest absolute Gasteiger partial charge is 0.396 e. The number of unbranched alkanes of at least 4 members (excludes halogenated alkanes) is 1. The lowest BCUT2D eigenvalue weighted by atomic mass is 10.3. The monoisotopic (exact) mass is 315 g/mol. The quantitative estimate of drug-likeness (QED) is 0.630. The highest BCUT2D eigenvalue weighted by molar-refractivity contribution is 7.89. The zero-order valence-corrected chi connectivity index (χ0v) is 12.7. The molecule has 1 aliphatic heterocycles. The zero-order valence-electron chi connectivity index (χ0n) is 11.8. The number of nitrogens with zero attached hydrogens (tertiary/aromatic N) is 1. The lowest BCUT2D eigenvalue weighted by Crippen LogP contribution is -2.27. The number of aromatic amines is 1. The summed E-state index contributed by atoms with van der Waals surface area (Å²) in [6.45, 7) is 1.62. The van der Waals surface area contributed by atoms with Gasteiger partial charge in [-0.2, -0.15) is 4.31 Å². The number of nitrogens with one attached hydrogen (secondary N) is 2. The van der Waals surface area contributed by atoms with Crippen molar-refractivity contribution in [3.63, 3.8) is 0 Å². The van der Waals surface area contributed by atoms with Gasteiger partial charge in [0.2, 0.25) is 10.0 Å². The summed E-state index contributed by atoms with van der Waals surface area (Å²) in [7, 11) is -3.49. The highest BCUT2D eigenvalue weighted by Crippen LogP contribution is 2.21. The molecule has 3 N–H and O–H groups in total. The Bertz CT molecular complexity index is 576. The molecule has 0 unspecified atom stereocenters. The average molecular weight is 315 g/mol. The van der Waals surface area contributed by atoms with E-state index in [-0.39, 0.29) is 23.1 Å². The van der Waals surface area contributed by atoms with Crippen LogP contribution < -0.4 is 5.32 Å². The van der Waals surface area contributed by atoms with Crippen LogP contribution in [0.3, 0.4) is 0 Å². The fourth-order valence-corrected chi connectivity index (χ4v) is 3.78. The predicted octanol–water partition coefficient (Wildman–Crippen LogP) is 0.301. The maximum atomic E-state index is 12.3. The molecule has 2 heterocycles. The van der Waals surface area contributed by atoms with Gasteiger partial charge in [-0.25, -0.2) is 8.42 Å². The molecule has 0 aromatic carbocycles. The van der Waals surface area contributed by atoms with Crippen LogP contribution in [0.5, 0.6) is 0 Å². The number of aliphatic hydroxyl groups is 1. The highest BCUT2D eigenvalue weighted by Gasteiger charge is 2.28. The molecule has 0 saturated carbocycles. The Balaban J connectivity index is 1.99. The SMILES string of the molecule is O=C(NCCCCO)c1cc(S(=O)(=O)N2CCCC2)c[nH]1. The van der Waals surface area contributed by atoms with E-state index in [1.165, 1.54) is 16.6 Å². The van der Waals surface area contributed by atoms with E-state index >= 15 is 0 Å². The van der Waals surface area contributed by atoms with Crippen molar-refractivity contribution in [2.75, 3.05) is 26.2 Å². The molecule has 8 heteroatoms. The molecular weight excluding hydrogens is 294 g/mol. The summed E-state index contributed by atoms with van der Waals surface area (Å²) < 4.78 is 26.1. The van der Waals surface area contributed by atoms with Gasteiger partial charge in [-0.15, -0.1) is 0 Å². The Hall–Kier alpha value is -1.38. The van der Waals surface area contributed by atoms with Crippen LogP contribution in [-0.2, 0) is 10.0 Å². The molecule has 0 radical (unpaired) electrons. The number of H-pyrrole nitrogens is 1. The van der Waals surface area contributed by atoms with Crippen molar-refractivity contribution in [2.24, 2.45) is 0 Å². The molecule has 1 fully saturated rings. The number of aliphatic hydroxyl groups excluding tert-OH is 1. The molecule has 0 spiro atoms. The fraction of sp³-hybridized carbons (Fsp3) is 0.615. The molecule has 2 rings (SSSR count). The summed E-state index contributed by atoms with van der Waals surface area (Å²) in [5, 5.41) is 11.3. The van der Waals surface area contributed by atoms with Crippen LogP contribution in [0.1, 0.15) is 36.2 Å². The van der Waals surface area contributed by atoms with Crippen molar-refractivity contribution < 1.29 is 18.3 Å². The van der Waals surface area contributed by atoms with Gasteiger partial charge in [0, 0.05) is 32.4 Å². The smallest absolute Gasteiger partial charge is 0.267 e. The minimum absolute atomic E-state index is 0.0938. The molecular formula is C13H21N3O4S. The van der Waals surface area contributed by atoms with Gasteiger partial charge < -0.3 is 15.4 Å². The van der Waals surface area contributed by atoms with Crippen molar-refractivity contribution in [3.05, 3.63) is 18.0 Å². The third-order valence-electron chi connectivity index (χ3n) is 3.47. The van der Waals surface area contributed by atoms with Gasteiger partial charge in [-0.05, 0) is 31.7 Å². The van der Waals surface area contributed by atoms with E-state index < -0.39 is 10.0 Å². The number of hydrogen-bond donors (Lipinski definition) is 3. The fourth-order valence-electron chi connectivity index (χ4n) is 2.27. The van der Waals surface area contributed by atoms with E-state index in [0.717, 1.165) is 12.8 Å². The number of aromatic nitrogens is 1. The Labute approximate surface area is 124 Å². The van der Waals surface area contributed by atoms with E-state index in [0.29, 0.717) is 32.5 Å². The van der Waals surface area contributed by atoms with E-state index in [4.69, 9.17) is 5.11 Å². The van der Waals surface area contributed by atoms with Crippen LogP contribution in [0, 0.1) is 0 Å². The minimum atomic E-state index is -3.49. The number of carbonyl (C=O) groups excluding carboxylic acids is 1. The van der Waals surface area contributed by atoms with Crippen LogP contribution in [0.25, 0.3) is 0 Å². The lowest BCUT2D eigenvalue weighted by molar-refractivity contribution is 0.0947. The van der Waals surface area contributed by atoms with Crippen molar-refractivity contribution in [2.45, 2.75) is 30.6 Å². The van der Waals surface area contributed by atoms with Crippen molar-refractivity contribution in [1.29, 1.82) is 0 Å². The lowest BCUT2D eigenvalue weighted by Gasteiger charge is -2.13. The second kappa shape index (κ2) is 7.06. The summed E-state index contributed by atoms with van der Waals surface area (Å²) >= 11 is 0. The van der Waals surface area contributed by atoms with Crippen LogP contribution in [0.15, 0.2) is 17.2 Å². The molecule has 118 valence electrons. The Morgan fingerprint density at radius 2 is 2.05 bits per heavy atom. The summed E-state index contributed by atoms with van der Waals surface area (Å²) in [6, 6.07) is 1.37. The van der Waals surface area contributed by atoms with Gasteiger partial charge in [0.15, 0.2) is 0 Å². The predicted molar refractivity (Wildman–Crippen MR) is 77.4 cm³/mol. The summed E-state index contributed by atoms with van der Waals surface area (Å²) in [5.74, 6) is -0.337. The van der Waals surface area contributed by atoms with Crippen LogP contribution in [0.4, 0.5) is 0 Å². The van der Waals surface area contributed by atoms with E-state index in [9.17, 15) is 13.2 Å². The first-order valence-corrected chi connectivity index (χ1v) is 8.57. The van der Waals surface area contributed by atoms with E-state index in [2.05, 4.69) is 10.3 Å². The minimum Gasteiger partial charge on any atom is -0.396 e. The maximum absolute atomic E-state index is 12.3. The average Bonchev–Trinajstić information content (AvgIpc) is 3.14. The first-order chi connectivity index (χ1) is 10.1. The first-order valence-electron chi connectivity index (χ1n) is 7.13. The Morgan fingerprint density at radius 3 is 2.71 bits per heavy atom. The molecule has 0 atom stereocenters. The van der Waals surface area contributed by atoms with Crippen LogP contribution in [-0.4, -0.2) is 55.0 Å². The molecule has 7 nitrogen and oxygen atoms in total. The molecule has 1 saturated heterocycles. The standard InChI is InChI=1S/C13H21N3O4S/c17-8-4-1-5-14-13(18)12-9-11(10-15-12)21(19,20)16-6-2-3-7-16/h9-10,15,17H,1-8H2,(H,14,18). The number of rotatable bonds is 7. The number of hydrogen-bond acceptors (Lipinski definition) is 4. The first kappa shape index (κ1) is 16.0. The molecule has 1 aromatic heterocycles. The van der Waals surface area contributed by atoms with Gasteiger partial charge in [0.1, 0.15) is 10.6 Å². The zero-order chi connectivity index (χ0) is 15.3. The number of carbonyl (C=O) groups is 1. The summed E-state index contributed by atoms with van der Waals surface area (Å²) in [4.78, 5) is 14.7. The third-order valence-corrected chi connectivity index (χ3v) is 5.35. The van der Waals surface area contributed by atoms with E-state index in [1.54, 1.807) is 0 Å². The molecule has 0 aliphatic carbocycles. The summed E-state index contributed by atoms with van der Waals surface area (Å²) in [5.41, 5.74) is 0.233. The second-order valence-corrected chi connectivity index (χ2v) is 6.98. The van der Waals surface area contributed by atoms with Crippen molar-refractivity contribution >= 4 is 15.9 Å². The van der Waals surface area contributed by atoms with Crippen molar-refractivity contribution in [1.82, 2.24) is 14.6 Å². The normalized spacial score (nSPS) is 16.2. The highest BCUT2D eigenvalue weighted by atomic mass is 32.2. The Morgan fingerprint density at radius 1 is 1.33 bits per heavy atom. The molecule has 1 amide bonds. The second-order valence-electron chi connectivity index (χ2n) is 5.05. The van der Waals surface area contributed by atoms with Gasteiger partial charge in [-0.1, -0.05) is 0 Å². The van der Waals surface area contributed by atoms with Gasteiger partial charge >= 0.3 is 0 Å². The Kier molecular flexibility index (Phi) is 5.38. The van der Waals surface area contributed by atoms with Crippen LogP contribution >= 0.6 is 0 Å². The summed E-state index contributed by atoms with van der Waals surface area (Å²) in [6.07, 6.45) is 4.42. The van der Waals surface area contributed by atoms with Gasteiger partial charge in [-0.3, -0.25) is 4.79 Å². The number of sulfonamides is 1. The molecule has 1 aromatic rings. The topological polar surface area (TPSA) is 102 Å².